The zero-order valence-corrected chi connectivity index (χ0v) is 22.4. The van der Waals surface area contributed by atoms with Gasteiger partial charge in [-0.1, -0.05) is 140 Å². The number of benzene rings is 7. The van der Waals surface area contributed by atoms with Gasteiger partial charge < -0.3 is 4.42 Å². The van der Waals surface area contributed by atoms with Crippen LogP contribution >= 0.6 is 0 Å². The van der Waals surface area contributed by atoms with Crippen molar-refractivity contribution in [2.45, 2.75) is 0 Å². The topological polar surface area (TPSA) is 13.1 Å². The largest absolute Gasteiger partial charge is 0.456 e. The summed E-state index contributed by atoms with van der Waals surface area (Å²) < 4.78 is 6.50. The molecule has 0 atom stereocenters. The van der Waals surface area contributed by atoms with Gasteiger partial charge in [-0.3, -0.25) is 0 Å². The van der Waals surface area contributed by atoms with Gasteiger partial charge in [0.2, 0.25) is 0 Å². The van der Waals surface area contributed by atoms with Crippen LogP contribution in [-0.2, 0) is 0 Å². The number of hydrogen-bond acceptors (Lipinski definition) is 1. The summed E-state index contributed by atoms with van der Waals surface area (Å²) in [6.07, 6.45) is 0. The van der Waals surface area contributed by atoms with Crippen molar-refractivity contribution >= 4 is 32.3 Å². The van der Waals surface area contributed by atoms with Crippen LogP contribution in [-0.4, -0.2) is 0 Å². The van der Waals surface area contributed by atoms with E-state index in [1.807, 2.05) is 0 Å². The predicted octanol–water partition coefficient (Wildman–Crippen LogP) is 11.4. The number of furan rings is 1. The molecule has 1 aromatic heterocycles. The minimum absolute atomic E-state index is 0.867. The van der Waals surface area contributed by atoms with E-state index in [1.165, 1.54) is 54.6 Å². The molecule has 0 aliphatic carbocycles. The van der Waals surface area contributed by atoms with Gasteiger partial charge in [0.1, 0.15) is 11.5 Å². The van der Waals surface area contributed by atoms with E-state index in [4.69, 9.17) is 4.42 Å². The van der Waals surface area contributed by atoms with Gasteiger partial charge in [-0.15, -0.1) is 0 Å². The van der Waals surface area contributed by atoms with Gasteiger partial charge >= 0.3 is 0 Å². The van der Waals surface area contributed by atoms with Crippen molar-refractivity contribution in [1.29, 1.82) is 0 Å². The first-order valence-corrected chi connectivity index (χ1v) is 14.0. The standard InChI is InChI=1S/C40H26O/c1-3-13-31-27(9-1)11-7-17-32(31)29-19-21-30(22-20-29)39-25-26-40(41-39)38-24-23-37(35-15-5-6-16-36(35)38)34-18-8-12-28-10-2-4-14-33(28)34/h1-26H. The molecule has 0 N–H and O–H groups in total. The molecule has 0 saturated carbocycles. The molecule has 0 fully saturated rings. The van der Waals surface area contributed by atoms with Gasteiger partial charge in [-0.05, 0) is 72.8 Å². The first kappa shape index (κ1) is 23.5. The van der Waals surface area contributed by atoms with E-state index in [0.29, 0.717) is 0 Å². The lowest BCUT2D eigenvalue weighted by molar-refractivity contribution is 0.598. The zero-order valence-electron chi connectivity index (χ0n) is 22.4. The summed E-state index contributed by atoms with van der Waals surface area (Å²) in [6.45, 7) is 0. The fourth-order valence-electron chi connectivity index (χ4n) is 6.14. The normalized spacial score (nSPS) is 11.4. The monoisotopic (exact) mass is 522 g/mol. The van der Waals surface area contributed by atoms with Crippen molar-refractivity contribution in [3.05, 3.63) is 158 Å². The Balaban J connectivity index is 1.17. The van der Waals surface area contributed by atoms with Crippen molar-refractivity contribution in [2.75, 3.05) is 0 Å². The molecule has 8 aromatic rings. The summed E-state index contributed by atoms with van der Waals surface area (Å²) in [4.78, 5) is 0. The van der Waals surface area contributed by atoms with E-state index >= 15 is 0 Å². The minimum Gasteiger partial charge on any atom is -0.456 e. The maximum Gasteiger partial charge on any atom is 0.135 e. The third-order valence-electron chi connectivity index (χ3n) is 8.15. The van der Waals surface area contributed by atoms with Crippen LogP contribution in [0, 0.1) is 0 Å². The van der Waals surface area contributed by atoms with Gasteiger partial charge in [-0.25, -0.2) is 0 Å². The zero-order chi connectivity index (χ0) is 27.2. The van der Waals surface area contributed by atoms with Crippen molar-refractivity contribution in [2.24, 2.45) is 0 Å². The molecule has 0 aliphatic rings. The molecule has 0 saturated heterocycles. The Bertz CT molecular complexity index is 2190. The van der Waals surface area contributed by atoms with Crippen LogP contribution in [0.25, 0.3) is 77.2 Å². The molecular formula is C40H26O. The van der Waals surface area contributed by atoms with Crippen molar-refractivity contribution < 1.29 is 4.42 Å². The predicted molar refractivity (Wildman–Crippen MR) is 173 cm³/mol. The molecule has 8 rings (SSSR count). The van der Waals surface area contributed by atoms with Crippen molar-refractivity contribution in [1.82, 2.24) is 0 Å². The van der Waals surface area contributed by atoms with E-state index < -0.39 is 0 Å². The molecule has 0 spiro atoms. The van der Waals surface area contributed by atoms with E-state index in [2.05, 4.69) is 158 Å². The van der Waals surface area contributed by atoms with E-state index in [1.54, 1.807) is 0 Å². The van der Waals surface area contributed by atoms with Crippen LogP contribution in [0.3, 0.4) is 0 Å². The average molecular weight is 523 g/mol. The Labute approximate surface area is 238 Å². The van der Waals surface area contributed by atoms with Crippen LogP contribution in [0.15, 0.2) is 162 Å². The minimum atomic E-state index is 0.867. The Kier molecular flexibility index (Phi) is 5.53. The molecule has 192 valence electrons. The highest BCUT2D eigenvalue weighted by Gasteiger charge is 2.14. The summed E-state index contributed by atoms with van der Waals surface area (Å²) in [6, 6.07) is 56.1. The molecule has 0 aliphatic heterocycles. The van der Waals surface area contributed by atoms with E-state index in [9.17, 15) is 0 Å². The summed E-state index contributed by atoms with van der Waals surface area (Å²) in [5.74, 6) is 1.74. The Hall–Kier alpha value is -5.40. The summed E-state index contributed by atoms with van der Waals surface area (Å²) in [5, 5.41) is 7.44. The van der Waals surface area contributed by atoms with Gasteiger partial charge in [0.15, 0.2) is 0 Å². The van der Waals surface area contributed by atoms with Gasteiger partial charge in [0, 0.05) is 11.1 Å². The van der Waals surface area contributed by atoms with Crippen LogP contribution in [0.4, 0.5) is 0 Å². The van der Waals surface area contributed by atoms with Crippen LogP contribution in [0.1, 0.15) is 0 Å². The number of rotatable bonds is 4. The van der Waals surface area contributed by atoms with Gasteiger partial charge in [0.05, 0.1) is 0 Å². The van der Waals surface area contributed by atoms with E-state index in [-0.39, 0.29) is 0 Å². The molecule has 0 bridgehead atoms. The van der Waals surface area contributed by atoms with E-state index in [0.717, 1.165) is 22.6 Å². The SMILES string of the molecule is c1ccc2c(-c3ccc(-c4ccc(-c5ccc(-c6cccc7ccccc67)c6ccccc56)o4)cc3)cccc2c1. The second kappa shape index (κ2) is 9.66. The Morgan fingerprint density at radius 2 is 0.732 bits per heavy atom. The van der Waals surface area contributed by atoms with Crippen LogP contribution in [0.5, 0.6) is 0 Å². The molecule has 1 heteroatoms. The van der Waals surface area contributed by atoms with Crippen LogP contribution in [0.2, 0.25) is 0 Å². The lowest BCUT2D eigenvalue weighted by atomic mass is 9.91. The second-order valence-corrected chi connectivity index (χ2v) is 10.5. The van der Waals surface area contributed by atoms with Gasteiger partial charge in [-0.2, -0.15) is 0 Å². The highest BCUT2D eigenvalue weighted by molar-refractivity contribution is 6.09. The van der Waals surface area contributed by atoms with Crippen molar-refractivity contribution in [3.8, 4) is 44.9 Å². The molecule has 0 unspecified atom stereocenters. The number of fused-ring (bicyclic) bond motifs is 3. The van der Waals surface area contributed by atoms with Gasteiger partial charge in [0.25, 0.3) is 0 Å². The lowest BCUT2D eigenvalue weighted by Crippen LogP contribution is -1.86. The molecule has 41 heavy (non-hydrogen) atoms. The highest BCUT2D eigenvalue weighted by Crippen LogP contribution is 2.40. The first-order chi connectivity index (χ1) is 20.3. The maximum atomic E-state index is 6.50. The summed E-state index contributed by atoms with van der Waals surface area (Å²) >= 11 is 0. The molecule has 0 radical (unpaired) electrons. The third-order valence-corrected chi connectivity index (χ3v) is 8.15. The maximum absolute atomic E-state index is 6.50. The number of hydrogen-bond donors (Lipinski definition) is 0. The van der Waals surface area contributed by atoms with Crippen molar-refractivity contribution in [3.63, 3.8) is 0 Å². The quantitative estimate of drug-likeness (QED) is 0.224. The smallest absolute Gasteiger partial charge is 0.135 e. The van der Waals surface area contributed by atoms with Crippen LogP contribution < -0.4 is 0 Å². The molecule has 1 nitrogen and oxygen atoms in total. The summed E-state index contributed by atoms with van der Waals surface area (Å²) in [5.41, 5.74) is 7.09. The lowest BCUT2D eigenvalue weighted by Gasteiger charge is -2.13. The second-order valence-electron chi connectivity index (χ2n) is 10.5. The summed E-state index contributed by atoms with van der Waals surface area (Å²) in [7, 11) is 0. The molecule has 1 heterocycles. The Morgan fingerprint density at radius 1 is 0.268 bits per heavy atom. The fourth-order valence-corrected chi connectivity index (χ4v) is 6.14. The molecule has 7 aromatic carbocycles. The average Bonchev–Trinajstić information content (AvgIpc) is 3.54. The highest BCUT2D eigenvalue weighted by atomic mass is 16.3. The fraction of sp³-hybridized carbons (Fsp3) is 0. The Morgan fingerprint density at radius 3 is 1.44 bits per heavy atom. The molecular weight excluding hydrogens is 496 g/mol. The molecule has 0 amide bonds. The third kappa shape index (κ3) is 4.02. The first-order valence-electron chi connectivity index (χ1n) is 14.0.